The lowest BCUT2D eigenvalue weighted by Gasteiger charge is -2.42. The first kappa shape index (κ1) is 24.3. The molecule has 36 heavy (non-hydrogen) atoms. The molecule has 1 aliphatic carbocycles. The van der Waals surface area contributed by atoms with Crippen molar-refractivity contribution < 1.29 is 35.9 Å². The van der Waals surface area contributed by atoms with E-state index in [0.717, 1.165) is 6.07 Å². The van der Waals surface area contributed by atoms with E-state index in [1.165, 1.54) is 13.2 Å². The fourth-order valence-electron chi connectivity index (χ4n) is 4.91. The summed E-state index contributed by atoms with van der Waals surface area (Å²) in [7, 11) is 1.23. The van der Waals surface area contributed by atoms with E-state index in [9.17, 15) is 35.9 Å². The zero-order valence-electron chi connectivity index (χ0n) is 18.5. The number of nitrogens with zero attached hydrogens (tertiary/aromatic N) is 3. The van der Waals surface area contributed by atoms with Crippen molar-refractivity contribution in [3.8, 4) is 0 Å². The monoisotopic (exact) mass is 532 g/mol. The van der Waals surface area contributed by atoms with E-state index in [-0.39, 0.29) is 34.2 Å². The molecule has 2 aliphatic heterocycles. The molecule has 1 saturated carbocycles. The van der Waals surface area contributed by atoms with E-state index < -0.39 is 45.8 Å². The number of alkyl halides is 6. The third kappa shape index (κ3) is 3.94. The molecule has 3 aliphatic rings. The molecular formula is C21H18F6N6O2S. The predicted octanol–water partition coefficient (Wildman–Crippen LogP) is 3.82. The molecule has 0 radical (unpaired) electrons. The van der Waals surface area contributed by atoms with Gasteiger partial charge in [-0.1, -0.05) is 11.3 Å². The van der Waals surface area contributed by atoms with Gasteiger partial charge in [-0.05, 0) is 24.8 Å². The van der Waals surface area contributed by atoms with Crippen LogP contribution in [-0.4, -0.2) is 52.4 Å². The number of carbonyl (C=O) groups is 2. The van der Waals surface area contributed by atoms with Gasteiger partial charge in [0.2, 0.25) is 0 Å². The van der Waals surface area contributed by atoms with Gasteiger partial charge in [-0.25, -0.2) is 9.97 Å². The molecular weight excluding hydrogens is 514 g/mol. The molecule has 8 nitrogen and oxygen atoms in total. The lowest BCUT2D eigenvalue weighted by atomic mass is 9.73. The van der Waals surface area contributed by atoms with Gasteiger partial charge in [0.15, 0.2) is 10.8 Å². The van der Waals surface area contributed by atoms with Crippen LogP contribution >= 0.6 is 11.3 Å². The van der Waals surface area contributed by atoms with Crippen LogP contribution in [0.5, 0.6) is 0 Å². The number of aromatic nitrogens is 3. The molecule has 3 aromatic heterocycles. The first-order chi connectivity index (χ1) is 16.8. The van der Waals surface area contributed by atoms with E-state index in [0.29, 0.717) is 36.9 Å². The van der Waals surface area contributed by atoms with Crippen LogP contribution in [0.2, 0.25) is 0 Å². The summed E-state index contributed by atoms with van der Waals surface area (Å²) >= 11 is 0.633. The molecule has 2 amide bonds. The maximum atomic E-state index is 13.5. The number of anilines is 1. The molecule has 0 spiro atoms. The fourth-order valence-corrected chi connectivity index (χ4v) is 6.06. The molecule has 15 heteroatoms. The van der Waals surface area contributed by atoms with E-state index in [1.54, 1.807) is 4.90 Å². The number of aromatic amines is 1. The number of hydrogen-bond donors (Lipinski definition) is 3. The highest BCUT2D eigenvalue weighted by Crippen LogP contribution is 2.53. The van der Waals surface area contributed by atoms with Crippen molar-refractivity contribution in [3.63, 3.8) is 0 Å². The first-order valence-corrected chi connectivity index (χ1v) is 11.5. The van der Waals surface area contributed by atoms with Crippen LogP contribution < -0.4 is 15.5 Å². The topological polar surface area (TPSA) is 103 Å². The van der Waals surface area contributed by atoms with Gasteiger partial charge < -0.3 is 20.5 Å². The van der Waals surface area contributed by atoms with E-state index in [4.69, 9.17) is 0 Å². The number of carbonyl (C=O) groups excluding carboxylic acids is 2. The Morgan fingerprint density at radius 2 is 1.92 bits per heavy atom. The molecule has 0 aromatic carbocycles. The molecule has 0 atom stereocenters. The minimum Gasteiger partial charge on any atom is -0.354 e. The molecule has 3 N–H and O–H groups in total. The zero-order chi connectivity index (χ0) is 26.0. The second kappa shape index (κ2) is 8.08. The smallest absolute Gasteiger partial charge is 0.354 e. The highest BCUT2D eigenvalue weighted by Gasteiger charge is 2.57. The second-order valence-corrected chi connectivity index (χ2v) is 9.84. The molecule has 192 valence electrons. The van der Waals surface area contributed by atoms with Crippen LogP contribution in [-0.2, 0) is 12.4 Å². The van der Waals surface area contributed by atoms with E-state index in [2.05, 4.69) is 25.6 Å². The second-order valence-electron chi connectivity index (χ2n) is 8.86. The lowest BCUT2D eigenvalue weighted by molar-refractivity contribution is -0.141. The van der Waals surface area contributed by atoms with Crippen molar-refractivity contribution in [1.29, 1.82) is 0 Å². The predicted molar refractivity (Wildman–Crippen MR) is 117 cm³/mol. The van der Waals surface area contributed by atoms with E-state index in [1.807, 2.05) is 0 Å². The van der Waals surface area contributed by atoms with Gasteiger partial charge in [0.1, 0.15) is 10.5 Å². The third-order valence-corrected chi connectivity index (χ3v) is 7.66. The Balaban J connectivity index is 1.38. The summed E-state index contributed by atoms with van der Waals surface area (Å²) in [5, 5.41) is 4.93. The summed E-state index contributed by atoms with van der Waals surface area (Å²) < 4.78 is 79.8. The lowest BCUT2D eigenvalue weighted by Crippen LogP contribution is -2.54. The van der Waals surface area contributed by atoms with Crippen LogP contribution in [0.1, 0.15) is 44.1 Å². The number of amides is 2. The number of fused-ring (bicyclic) bond motifs is 2. The molecule has 3 fully saturated rings. The number of pyridine rings is 1. The van der Waals surface area contributed by atoms with Crippen molar-refractivity contribution in [1.82, 2.24) is 25.6 Å². The van der Waals surface area contributed by atoms with E-state index >= 15 is 0 Å². The van der Waals surface area contributed by atoms with Crippen molar-refractivity contribution in [3.05, 3.63) is 40.2 Å². The summed E-state index contributed by atoms with van der Waals surface area (Å²) in [6, 6.07) is 0.835. The Bertz CT molecular complexity index is 1360. The normalized spacial score (nSPS) is 21.5. The number of nitrogens with one attached hydrogen (secondary N) is 3. The average molecular weight is 532 g/mol. The number of halogens is 6. The van der Waals surface area contributed by atoms with Crippen molar-refractivity contribution in [2.45, 2.75) is 30.7 Å². The van der Waals surface area contributed by atoms with Gasteiger partial charge >= 0.3 is 12.4 Å². The van der Waals surface area contributed by atoms with Crippen molar-refractivity contribution in [2.75, 3.05) is 25.0 Å². The standard InChI is InChI=1S/C21H18F6N6O2S/c1-28-17(35)13-14(21(25,26)27)32-18(36-13)33-7-9-3-19(33,4-9)8-31-16(34)12-6-30-15-11(12)2-10(5-29-15)20(22,23)24/h2,5-6,9H,3-4,7-8H2,1H3,(H,28,35)(H,29,30)(H,31,34). The fraction of sp³-hybridized carbons (Fsp3) is 0.429. The highest BCUT2D eigenvalue weighted by molar-refractivity contribution is 7.17. The number of hydrogen-bond acceptors (Lipinski definition) is 6. The Morgan fingerprint density at radius 3 is 2.56 bits per heavy atom. The van der Waals surface area contributed by atoms with Crippen LogP contribution in [0.25, 0.3) is 11.0 Å². The quantitative estimate of drug-likeness (QED) is 0.434. The minimum absolute atomic E-state index is 0.000415. The Kier molecular flexibility index (Phi) is 5.46. The average Bonchev–Trinajstić information content (AvgIpc) is 3.54. The van der Waals surface area contributed by atoms with Gasteiger partial charge in [-0.15, -0.1) is 0 Å². The summed E-state index contributed by atoms with van der Waals surface area (Å²) in [5.74, 6) is -1.35. The highest BCUT2D eigenvalue weighted by atomic mass is 32.1. The van der Waals surface area contributed by atoms with Crippen LogP contribution in [0.4, 0.5) is 31.5 Å². The van der Waals surface area contributed by atoms with Gasteiger partial charge in [0.25, 0.3) is 11.8 Å². The van der Waals surface area contributed by atoms with Crippen molar-refractivity contribution in [2.24, 2.45) is 5.92 Å². The maximum Gasteiger partial charge on any atom is 0.435 e. The number of thiazole rings is 1. The Labute approximate surface area is 203 Å². The summed E-state index contributed by atoms with van der Waals surface area (Å²) in [6.07, 6.45) is -6.34. The van der Waals surface area contributed by atoms with Crippen LogP contribution in [0.3, 0.4) is 0 Å². The molecule has 6 rings (SSSR count). The van der Waals surface area contributed by atoms with Crippen LogP contribution in [0, 0.1) is 5.92 Å². The SMILES string of the molecule is CNC(=O)c1sc(N2CC3CC2(CNC(=O)c2c[nH]c4ncc(C(F)(F)F)cc24)C3)nc1C(F)(F)F. The summed E-state index contributed by atoms with van der Waals surface area (Å²) in [5.41, 5.74) is -2.89. The number of rotatable bonds is 5. The molecule has 5 heterocycles. The summed E-state index contributed by atoms with van der Waals surface area (Å²) in [4.78, 5) is 36.2. The molecule has 2 saturated heterocycles. The molecule has 0 unspecified atom stereocenters. The first-order valence-electron chi connectivity index (χ1n) is 10.7. The zero-order valence-corrected chi connectivity index (χ0v) is 19.3. The molecule has 3 aromatic rings. The number of H-pyrrole nitrogens is 1. The van der Waals surface area contributed by atoms with Crippen LogP contribution in [0.15, 0.2) is 18.5 Å². The maximum absolute atomic E-state index is 13.5. The van der Waals surface area contributed by atoms with Gasteiger partial charge in [-0.2, -0.15) is 26.3 Å². The molecule has 2 bridgehead atoms. The van der Waals surface area contributed by atoms with Gasteiger partial charge in [-0.3, -0.25) is 9.59 Å². The largest absolute Gasteiger partial charge is 0.435 e. The van der Waals surface area contributed by atoms with Gasteiger partial charge in [0.05, 0.1) is 16.7 Å². The van der Waals surface area contributed by atoms with Crippen molar-refractivity contribution >= 4 is 39.3 Å². The van der Waals surface area contributed by atoms with Gasteiger partial charge in [0, 0.05) is 37.9 Å². The Morgan fingerprint density at radius 1 is 1.19 bits per heavy atom. The minimum atomic E-state index is -4.82. The third-order valence-electron chi connectivity index (χ3n) is 6.58. The summed E-state index contributed by atoms with van der Waals surface area (Å²) in [6.45, 7) is 0.456. The Hall–Kier alpha value is -3.36.